The van der Waals surface area contributed by atoms with Crippen LogP contribution in [0.4, 0.5) is 5.69 Å². The first-order chi connectivity index (χ1) is 14.4. The van der Waals surface area contributed by atoms with E-state index in [1.54, 1.807) is 0 Å². The van der Waals surface area contributed by atoms with Crippen LogP contribution in [0.1, 0.15) is 32.3 Å². The molecule has 7 heteroatoms. The molecule has 0 unspecified atom stereocenters. The molecule has 1 spiro atoms. The normalized spacial score (nSPS) is 26.4. The largest absolute Gasteiger partial charge is 0.761 e. The topological polar surface area (TPSA) is 70.5 Å². The number of nitrogens with one attached hydrogen (secondary N) is 2. The van der Waals surface area contributed by atoms with E-state index in [0.717, 1.165) is 37.4 Å². The quantitative estimate of drug-likeness (QED) is 0.710. The molecule has 2 fully saturated rings. The number of allylic oxidation sites excluding steroid dienone is 2. The number of likely N-dealkylation sites (tertiary alicyclic amines) is 1. The van der Waals surface area contributed by atoms with E-state index in [1.807, 2.05) is 17.0 Å². The Hall–Kier alpha value is -2.74. The Kier molecular flexibility index (Phi) is 5.36. The summed E-state index contributed by atoms with van der Waals surface area (Å²) in [7, 11) is 0. The lowest BCUT2D eigenvalue weighted by molar-refractivity contribution is -0.928. The molecular weight excluding hydrogens is 392 g/mol. The number of anilines is 1. The summed E-state index contributed by atoms with van der Waals surface area (Å²) in [5, 5.41) is 24.3. The third-order valence-electron chi connectivity index (χ3n) is 6.91. The summed E-state index contributed by atoms with van der Waals surface area (Å²) in [5.41, 5.74) is 3.02. The first-order valence-corrected chi connectivity index (χ1v) is 11.0. The molecule has 30 heavy (non-hydrogen) atoms. The van der Waals surface area contributed by atoms with Gasteiger partial charge in [-0.25, -0.2) is 0 Å². The van der Waals surface area contributed by atoms with E-state index in [9.17, 15) is 10.5 Å². The van der Waals surface area contributed by atoms with Crippen molar-refractivity contribution >= 4 is 18.3 Å². The summed E-state index contributed by atoms with van der Waals surface area (Å²) in [5.74, 6) is 0.791. The van der Waals surface area contributed by atoms with Crippen LogP contribution in [0.2, 0.25) is 0 Å². The maximum atomic E-state index is 10.2. The number of nitrogens with zero attached hydrogens (tertiary/aromatic N) is 4. The molecule has 4 rings (SSSR count). The molecule has 2 N–H and O–H groups in total. The van der Waals surface area contributed by atoms with E-state index in [-0.39, 0.29) is 0 Å². The van der Waals surface area contributed by atoms with Gasteiger partial charge in [-0.1, -0.05) is 23.2 Å². The van der Waals surface area contributed by atoms with Gasteiger partial charge in [0.1, 0.15) is 5.82 Å². The average Bonchev–Trinajstić information content (AvgIpc) is 2.75. The van der Waals surface area contributed by atoms with Gasteiger partial charge >= 0.3 is 0 Å². The second-order valence-electron chi connectivity index (χ2n) is 8.75. The maximum Gasteiger partial charge on any atom is 0.122 e. The molecule has 3 heterocycles. The minimum absolute atomic E-state index is 0.530. The van der Waals surface area contributed by atoms with Crippen molar-refractivity contribution < 1.29 is 4.90 Å². The van der Waals surface area contributed by atoms with Gasteiger partial charge in [-0.05, 0) is 32.4 Å². The standard InChI is InChI=1S/C23H28N6S/c1-16(2)27-10-8-23(9-11-27)18(12-24)21-26-14-28(20-7-5-4-6-17(20)3)15-29(21)22(30)19(23)13-25/h4-7,16,26,30H,8-11,14-15H2,1-3H3. The Bertz CT molecular complexity index is 988. The minimum atomic E-state index is -0.553. The number of quaternary nitrogens is 1. The van der Waals surface area contributed by atoms with Crippen LogP contribution in [0.5, 0.6) is 0 Å². The third kappa shape index (κ3) is 3.10. The molecule has 3 aliphatic rings. The van der Waals surface area contributed by atoms with Crippen molar-refractivity contribution in [2.24, 2.45) is 5.41 Å². The number of aryl methyl sites for hydroxylation is 1. The van der Waals surface area contributed by atoms with E-state index in [4.69, 9.17) is 12.6 Å². The van der Waals surface area contributed by atoms with Gasteiger partial charge in [0.15, 0.2) is 0 Å². The molecule has 0 aromatic heterocycles. The van der Waals surface area contributed by atoms with Crippen molar-refractivity contribution in [3.63, 3.8) is 0 Å². The minimum Gasteiger partial charge on any atom is -0.761 e. The molecule has 1 aromatic carbocycles. The lowest BCUT2D eigenvalue weighted by Crippen LogP contribution is -3.16. The van der Waals surface area contributed by atoms with Crippen LogP contribution in [0.3, 0.4) is 0 Å². The highest BCUT2D eigenvalue weighted by Crippen LogP contribution is 2.49. The lowest BCUT2D eigenvalue weighted by Gasteiger charge is -2.52. The number of fused-ring (bicyclic) bond motifs is 1. The Balaban J connectivity index is 1.73. The van der Waals surface area contributed by atoms with Crippen molar-refractivity contribution in [1.82, 2.24) is 10.2 Å². The molecule has 1 aromatic rings. The molecular formula is C23H28N6S. The van der Waals surface area contributed by atoms with E-state index in [1.165, 1.54) is 10.5 Å². The molecule has 6 nitrogen and oxygen atoms in total. The number of nitriles is 2. The van der Waals surface area contributed by atoms with Crippen LogP contribution in [0.15, 0.2) is 46.3 Å². The van der Waals surface area contributed by atoms with Gasteiger partial charge < -0.3 is 32.6 Å². The summed E-state index contributed by atoms with van der Waals surface area (Å²) in [4.78, 5) is 5.66. The predicted octanol–water partition coefficient (Wildman–Crippen LogP) is 1.73. The van der Waals surface area contributed by atoms with Crippen LogP contribution >= 0.6 is 0 Å². The molecule has 0 aliphatic carbocycles. The molecule has 3 aliphatic heterocycles. The number of piperidine rings is 1. The van der Waals surface area contributed by atoms with Crippen molar-refractivity contribution in [1.29, 1.82) is 10.5 Å². The SMILES string of the molecule is Cc1ccccc1N1CNC2=C(C#N)C3(CC[NH+](C(C)C)CC3)C(C#N)=C([S-])N2C1. The summed E-state index contributed by atoms with van der Waals surface area (Å²) >= 11 is 5.84. The Morgan fingerprint density at radius 2 is 1.80 bits per heavy atom. The van der Waals surface area contributed by atoms with E-state index in [0.29, 0.717) is 35.6 Å². The van der Waals surface area contributed by atoms with Gasteiger partial charge in [0.05, 0.1) is 55.6 Å². The molecule has 0 bridgehead atoms. The summed E-state index contributed by atoms with van der Waals surface area (Å²) < 4.78 is 0. The maximum absolute atomic E-state index is 10.2. The highest BCUT2D eigenvalue weighted by molar-refractivity contribution is 7.63. The average molecular weight is 421 g/mol. The van der Waals surface area contributed by atoms with Gasteiger partial charge in [-0.3, -0.25) is 0 Å². The van der Waals surface area contributed by atoms with Crippen molar-refractivity contribution in [2.75, 3.05) is 31.3 Å². The second kappa shape index (κ2) is 7.83. The highest BCUT2D eigenvalue weighted by Gasteiger charge is 2.49. The zero-order valence-electron chi connectivity index (χ0n) is 17.8. The van der Waals surface area contributed by atoms with Gasteiger partial charge in [-0.15, -0.1) is 0 Å². The van der Waals surface area contributed by atoms with Crippen molar-refractivity contribution in [3.05, 3.63) is 51.8 Å². The summed E-state index contributed by atoms with van der Waals surface area (Å²) in [6, 6.07) is 13.6. The Labute approximate surface area is 184 Å². The van der Waals surface area contributed by atoms with Gasteiger partial charge in [-0.2, -0.15) is 10.5 Å². The molecule has 0 radical (unpaired) electrons. The van der Waals surface area contributed by atoms with E-state index in [2.05, 4.69) is 55.3 Å². The second-order valence-corrected chi connectivity index (χ2v) is 9.14. The van der Waals surface area contributed by atoms with Gasteiger partial charge in [0.25, 0.3) is 0 Å². The summed E-state index contributed by atoms with van der Waals surface area (Å²) in [6.07, 6.45) is 1.57. The van der Waals surface area contributed by atoms with Crippen LogP contribution in [-0.4, -0.2) is 37.4 Å². The van der Waals surface area contributed by atoms with E-state index < -0.39 is 5.41 Å². The number of hydrogen-bond acceptors (Lipinski definition) is 6. The first-order valence-electron chi connectivity index (χ1n) is 10.6. The summed E-state index contributed by atoms with van der Waals surface area (Å²) in [6.45, 7) is 9.55. The molecule has 156 valence electrons. The lowest BCUT2D eigenvalue weighted by atomic mass is 9.66. The fourth-order valence-corrected chi connectivity index (χ4v) is 5.50. The van der Waals surface area contributed by atoms with Gasteiger partial charge in [0.2, 0.25) is 0 Å². The molecule has 2 saturated heterocycles. The molecule has 0 saturated carbocycles. The van der Waals surface area contributed by atoms with Crippen LogP contribution in [0, 0.1) is 35.0 Å². The number of benzene rings is 1. The fraction of sp³-hybridized carbons (Fsp3) is 0.478. The van der Waals surface area contributed by atoms with Crippen LogP contribution in [0.25, 0.3) is 0 Å². The number of para-hydroxylation sites is 1. The Morgan fingerprint density at radius 3 is 2.40 bits per heavy atom. The number of hydrogen-bond donors (Lipinski definition) is 2. The third-order valence-corrected chi connectivity index (χ3v) is 7.34. The highest BCUT2D eigenvalue weighted by atomic mass is 32.1. The van der Waals surface area contributed by atoms with E-state index >= 15 is 0 Å². The monoisotopic (exact) mass is 420 g/mol. The van der Waals surface area contributed by atoms with Crippen molar-refractivity contribution in [2.45, 2.75) is 39.7 Å². The van der Waals surface area contributed by atoms with Crippen LogP contribution < -0.4 is 15.1 Å². The molecule has 0 amide bonds. The number of rotatable bonds is 2. The Morgan fingerprint density at radius 1 is 1.13 bits per heavy atom. The zero-order chi connectivity index (χ0) is 21.5. The first kappa shape index (κ1) is 20.5. The zero-order valence-corrected chi connectivity index (χ0v) is 18.6. The van der Waals surface area contributed by atoms with Gasteiger partial charge in [0, 0.05) is 24.1 Å². The predicted molar refractivity (Wildman–Crippen MR) is 119 cm³/mol. The molecule has 0 atom stereocenters. The van der Waals surface area contributed by atoms with Crippen molar-refractivity contribution in [3.8, 4) is 12.1 Å². The van der Waals surface area contributed by atoms with Crippen LogP contribution in [-0.2, 0) is 12.6 Å². The fourth-order valence-electron chi connectivity index (χ4n) is 5.11. The smallest absolute Gasteiger partial charge is 0.122 e.